The summed E-state index contributed by atoms with van der Waals surface area (Å²) < 4.78 is 0. The Labute approximate surface area is 187 Å². The van der Waals surface area contributed by atoms with Crippen molar-refractivity contribution in [1.82, 2.24) is 10.2 Å². The lowest BCUT2D eigenvalue weighted by atomic mass is 10.1. The highest BCUT2D eigenvalue weighted by Gasteiger charge is 2.28. The van der Waals surface area contributed by atoms with Crippen molar-refractivity contribution in [3.05, 3.63) is 88.1 Å². The van der Waals surface area contributed by atoms with Crippen molar-refractivity contribution in [1.29, 1.82) is 0 Å². The number of benzene rings is 2. The molecule has 1 saturated heterocycles. The van der Waals surface area contributed by atoms with Crippen molar-refractivity contribution in [3.63, 3.8) is 0 Å². The topological polar surface area (TPSA) is 61.4 Å². The molecule has 0 saturated carbocycles. The molecule has 1 fully saturated rings. The van der Waals surface area contributed by atoms with Crippen molar-refractivity contribution in [3.8, 4) is 0 Å². The number of likely N-dealkylation sites (tertiary alicyclic amines) is 1. The highest BCUT2D eigenvalue weighted by atomic mass is 32.1. The first-order valence-electron chi connectivity index (χ1n) is 10.7. The number of hydrogen-bond acceptors (Lipinski definition) is 4. The normalized spacial score (nSPS) is 16.2. The number of rotatable bonds is 8. The van der Waals surface area contributed by atoms with E-state index < -0.39 is 0 Å². The van der Waals surface area contributed by atoms with Gasteiger partial charge in [0, 0.05) is 17.5 Å². The van der Waals surface area contributed by atoms with Gasteiger partial charge in [-0.1, -0.05) is 48.5 Å². The van der Waals surface area contributed by atoms with Gasteiger partial charge in [0.1, 0.15) is 0 Å². The lowest BCUT2D eigenvalue weighted by Crippen LogP contribution is -2.33. The highest BCUT2D eigenvalue weighted by molar-refractivity contribution is 7.10. The van der Waals surface area contributed by atoms with Crippen LogP contribution in [0.5, 0.6) is 0 Å². The van der Waals surface area contributed by atoms with Crippen LogP contribution in [0, 0.1) is 0 Å². The van der Waals surface area contributed by atoms with Crippen molar-refractivity contribution in [2.24, 2.45) is 0 Å². The van der Waals surface area contributed by atoms with Gasteiger partial charge in [-0.05, 0) is 54.9 Å². The molecule has 4 rings (SSSR count). The minimum Gasteiger partial charge on any atom is -0.352 e. The fourth-order valence-corrected chi connectivity index (χ4v) is 4.94. The number of carbonyl (C=O) groups is 2. The van der Waals surface area contributed by atoms with Crippen LogP contribution in [0.3, 0.4) is 0 Å². The number of amides is 2. The largest absolute Gasteiger partial charge is 0.352 e. The molecule has 0 radical (unpaired) electrons. The third kappa shape index (κ3) is 5.60. The predicted octanol–water partition coefficient (Wildman–Crippen LogP) is 4.50. The minimum atomic E-state index is -0.176. The summed E-state index contributed by atoms with van der Waals surface area (Å²) in [5.41, 5.74) is 2.21. The summed E-state index contributed by atoms with van der Waals surface area (Å²) in [4.78, 5) is 29.0. The summed E-state index contributed by atoms with van der Waals surface area (Å²) in [6, 6.07) is 21.7. The molecule has 1 aliphatic rings. The van der Waals surface area contributed by atoms with Crippen LogP contribution in [0.1, 0.15) is 39.7 Å². The van der Waals surface area contributed by atoms with E-state index in [4.69, 9.17) is 0 Å². The average Bonchev–Trinajstić information content (AvgIpc) is 3.46. The zero-order chi connectivity index (χ0) is 21.5. The molecular weight excluding hydrogens is 406 g/mol. The van der Waals surface area contributed by atoms with Crippen LogP contribution in [0.25, 0.3) is 0 Å². The molecule has 0 aliphatic carbocycles. The standard InChI is InChI=1S/C25H27N3O2S/c29-24(18-28-16-6-12-22(28)23-13-7-17-31-23)27-21-11-5-4-10-20(21)25(30)26-15-14-19-8-2-1-3-9-19/h1-5,7-11,13,17,22H,6,12,14-16,18H2,(H,26,30)(H,27,29)/t22-/m1/s1. The molecule has 2 amide bonds. The highest BCUT2D eigenvalue weighted by Crippen LogP contribution is 2.34. The monoisotopic (exact) mass is 433 g/mol. The Morgan fingerprint density at radius 3 is 2.61 bits per heavy atom. The molecule has 6 heteroatoms. The molecule has 1 aliphatic heterocycles. The Balaban J connectivity index is 1.34. The van der Waals surface area contributed by atoms with Gasteiger partial charge in [-0.25, -0.2) is 0 Å². The zero-order valence-corrected chi connectivity index (χ0v) is 18.2. The van der Waals surface area contributed by atoms with E-state index in [2.05, 4.69) is 33.0 Å². The molecule has 5 nitrogen and oxygen atoms in total. The maximum Gasteiger partial charge on any atom is 0.253 e. The third-order valence-corrected chi connectivity index (χ3v) is 6.54. The summed E-state index contributed by atoms with van der Waals surface area (Å²) in [7, 11) is 0. The van der Waals surface area contributed by atoms with Crippen LogP contribution >= 0.6 is 11.3 Å². The molecule has 160 valence electrons. The fourth-order valence-electron chi connectivity index (χ4n) is 4.04. The van der Waals surface area contributed by atoms with E-state index in [0.29, 0.717) is 30.4 Å². The van der Waals surface area contributed by atoms with E-state index >= 15 is 0 Å². The first-order chi connectivity index (χ1) is 15.2. The van der Waals surface area contributed by atoms with E-state index in [1.807, 2.05) is 42.5 Å². The molecule has 3 aromatic rings. The fraction of sp³-hybridized carbons (Fsp3) is 0.280. The van der Waals surface area contributed by atoms with Crippen LogP contribution in [-0.4, -0.2) is 36.3 Å². The van der Waals surface area contributed by atoms with Crippen molar-refractivity contribution in [2.75, 3.05) is 25.0 Å². The third-order valence-electron chi connectivity index (χ3n) is 5.57. The molecular formula is C25H27N3O2S. The second kappa shape index (κ2) is 10.4. The maximum atomic E-state index is 12.8. The molecule has 2 heterocycles. The van der Waals surface area contributed by atoms with Crippen molar-refractivity contribution in [2.45, 2.75) is 25.3 Å². The Bertz CT molecular complexity index is 1000. The number of hydrogen-bond donors (Lipinski definition) is 2. The maximum absolute atomic E-state index is 12.8. The second-order valence-electron chi connectivity index (χ2n) is 7.73. The van der Waals surface area contributed by atoms with E-state index in [0.717, 1.165) is 25.8 Å². The molecule has 0 bridgehead atoms. The van der Waals surface area contributed by atoms with Gasteiger partial charge in [0.15, 0.2) is 0 Å². The molecule has 2 N–H and O–H groups in total. The molecule has 1 atom stereocenters. The number of carbonyl (C=O) groups excluding carboxylic acids is 2. The number of para-hydroxylation sites is 1. The summed E-state index contributed by atoms with van der Waals surface area (Å²) >= 11 is 1.74. The first-order valence-corrected chi connectivity index (χ1v) is 11.6. The lowest BCUT2D eigenvalue weighted by Gasteiger charge is -2.23. The van der Waals surface area contributed by atoms with Crippen LogP contribution < -0.4 is 10.6 Å². The van der Waals surface area contributed by atoms with Crippen LogP contribution in [0.4, 0.5) is 5.69 Å². The van der Waals surface area contributed by atoms with Crippen LogP contribution in [0.15, 0.2) is 72.1 Å². The average molecular weight is 434 g/mol. The van der Waals surface area contributed by atoms with Crippen molar-refractivity contribution >= 4 is 28.8 Å². The van der Waals surface area contributed by atoms with Gasteiger partial charge < -0.3 is 10.6 Å². The second-order valence-corrected chi connectivity index (χ2v) is 8.71. The van der Waals surface area contributed by atoms with E-state index in [1.165, 1.54) is 10.4 Å². The van der Waals surface area contributed by atoms with Crippen molar-refractivity contribution < 1.29 is 9.59 Å². The van der Waals surface area contributed by atoms with E-state index in [-0.39, 0.29) is 11.8 Å². The molecule has 1 aromatic heterocycles. The first kappa shape index (κ1) is 21.3. The SMILES string of the molecule is O=C(CN1CCC[C@@H]1c1cccs1)Nc1ccccc1C(=O)NCCc1ccccc1. The van der Waals surface area contributed by atoms with Crippen LogP contribution in [0.2, 0.25) is 0 Å². The summed E-state index contributed by atoms with van der Waals surface area (Å²) in [6.07, 6.45) is 2.94. The Kier molecular flexibility index (Phi) is 7.12. The predicted molar refractivity (Wildman–Crippen MR) is 125 cm³/mol. The van der Waals surface area contributed by atoms with Gasteiger partial charge in [0.2, 0.25) is 5.91 Å². The smallest absolute Gasteiger partial charge is 0.253 e. The van der Waals surface area contributed by atoms with Gasteiger partial charge in [-0.2, -0.15) is 0 Å². The number of nitrogens with zero attached hydrogens (tertiary/aromatic N) is 1. The Morgan fingerprint density at radius 2 is 1.81 bits per heavy atom. The molecule has 2 aromatic carbocycles. The minimum absolute atomic E-state index is 0.0898. The molecule has 0 unspecified atom stereocenters. The van der Waals surface area contributed by atoms with Gasteiger partial charge in [0.25, 0.3) is 5.91 Å². The molecule has 0 spiro atoms. The summed E-state index contributed by atoms with van der Waals surface area (Å²) in [5.74, 6) is -0.266. The summed E-state index contributed by atoms with van der Waals surface area (Å²) in [6.45, 7) is 1.78. The Morgan fingerprint density at radius 1 is 1.00 bits per heavy atom. The van der Waals surface area contributed by atoms with Gasteiger partial charge in [0.05, 0.1) is 17.8 Å². The van der Waals surface area contributed by atoms with Gasteiger partial charge >= 0.3 is 0 Å². The zero-order valence-electron chi connectivity index (χ0n) is 17.4. The van der Waals surface area contributed by atoms with Gasteiger partial charge in [-0.15, -0.1) is 11.3 Å². The quantitative estimate of drug-likeness (QED) is 0.550. The summed E-state index contributed by atoms with van der Waals surface area (Å²) in [5, 5.41) is 8.00. The number of anilines is 1. The lowest BCUT2D eigenvalue weighted by molar-refractivity contribution is -0.117. The number of thiophene rings is 1. The Hall–Kier alpha value is -2.96. The van der Waals surface area contributed by atoms with E-state index in [1.54, 1.807) is 23.5 Å². The number of nitrogens with one attached hydrogen (secondary N) is 2. The molecule has 31 heavy (non-hydrogen) atoms. The van der Waals surface area contributed by atoms with Crippen LogP contribution in [-0.2, 0) is 11.2 Å². The van der Waals surface area contributed by atoms with E-state index in [9.17, 15) is 9.59 Å². The van der Waals surface area contributed by atoms with Gasteiger partial charge in [-0.3, -0.25) is 14.5 Å².